The van der Waals surface area contributed by atoms with Crippen LogP contribution in [0.1, 0.15) is 18.1 Å². The highest BCUT2D eigenvalue weighted by molar-refractivity contribution is 7.99. The average Bonchev–Trinajstić information content (AvgIpc) is 3.17. The topological polar surface area (TPSA) is 50.3 Å². The lowest BCUT2D eigenvalue weighted by atomic mass is 9.95. The number of nitrogens with zero attached hydrogens (tertiary/aromatic N) is 3. The summed E-state index contributed by atoms with van der Waals surface area (Å²) in [6.07, 6.45) is 2.92. The monoisotopic (exact) mass is 356 g/mol. The van der Waals surface area contributed by atoms with Crippen LogP contribution in [0.3, 0.4) is 0 Å². The predicted octanol–water partition coefficient (Wildman–Crippen LogP) is 3.22. The molecule has 0 aliphatic carbocycles. The van der Waals surface area contributed by atoms with Gasteiger partial charge in [-0.15, -0.1) is 0 Å². The van der Waals surface area contributed by atoms with Gasteiger partial charge in [-0.3, -0.25) is 0 Å². The second-order valence-corrected chi connectivity index (χ2v) is 7.72. The Morgan fingerprint density at radius 2 is 2.00 bits per heavy atom. The number of benzene rings is 1. The number of thioether (sulfide) groups is 1. The minimum Gasteiger partial charge on any atom is -0.373 e. The molecule has 1 aromatic carbocycles. The van der Waals surface area contributed by atoms with E-state index < -0.39 is 0 Å². The standard InChI is InChI=1S/C19H24N4OS/c1-2-4-15(5-3-1)19-16(6-9-24-19)13-20-17-12-18(22-14-21-17)23-7-10-25-11-8-23/h1-5,12,14,16,19H,6-11,13H2,(H,20,21,22)/t16-,19-/m0/s1. The van der Waals surface area contributed by atoms with Gasteiger partial charge in [-0.2, -0.15) is 11.8 Å². The molecule has 0 unspecified atom stereocenters. The maximum Gasteiger partial charge on any atom is 0.134 e. The molecule has 2 aliphatic heterocycles. The van der Waals surface area contributed by atoms with Gasteiger partial charge >= 0.3 is 0 Å². The van der Waals surface area contributed by atoms with E-state index in [0.717, 1.165) is 44.3 Å². The van der Waals surface area contributed by atoms with E-state index in [0.29, 0.717) is 5.92 Å². The molecule has 25 heavy (non-hydrogen) atoms. The Bertz CT molecular complexity index is 678. The highest BCUT2D eigenvalue weighted by Crippen LogP contribution is 2.34. The van der Waals surface area contributed by atoms with Crippen molar-refractivity contribution in [2.45, 2.75) is 12.5 Å². The molecule has 0 radical (unpaired) electrons. The maximum atomic E-state index is 5.98. The fourth-order valence-corrected chi connectivity index (χ4v) is 4.40. The van der Waals surface area contributed by atoms with Crippen LogP contribution in [0.4, 0.5) is 11.6 Å². The average molecular weight is 356 g/mol. The zero-order valence-electron chi connectivity index (χ0n) is 14.3. The van der Waals surface area contributed by atoms with E-state index in [-0.39, 0.29) is 6.10 Å². The van der Waals surface area contributed by atoms with E-state index in [2.05, 4.69) is 50.5 Å². The molecule has 132 valence electrons. The first-order chi connectivity index (χ1) is 12.4. The van der Waals surface area contributed by atoms with Gasteiger partial charge in [-0.1, -0.05) is 30.3 Å². The molecule has 0 bridgehead atoms. The minimum absolute atomic E-state index is 0.175. The minimum atomic E-state index is 0.175. The number of ether oxygens (including phenoxy) is 1. The van der Waals surface area contributed by atoms with Gasteiger partial charge in [0, 0.05) is 49.7 Å². The van der Waals surface area contributed by atoms with E-state index in [1.165, 1.54) is 17.1 Å². The summed E-state index contributed by atoms with van der Waals surface area (Å²) < 4.78 is 5.98. The molecule has 2 saturated heterocycles. The van der Waals surface area contributed by atoms with Gasteiger partial charge in [0.25, 0.3) is 0 Å². The lowest BCUT2D eigenvalue weighted by molar-refractivity contribution is 0.0933. The SMILES string of the molecule is c1ccc([C@@H]2OCC[C@H]2CNc2cc(N3CCSCC3)ncn2)cc1. The van der Waals surface area contributed by atoms with E-state index in [1.807, 2.05) is 17.8 Å². The van der Waals surface area contributed by atoms with Crippen molar-refractivity contribution >= 4 is 23.4 Å². The predicted molar refractivity (Wildman–Crippen MR) is 103 cm³/mol. The first kappa shape index (κ1) is 16.7. The number of hydrogen-bond donors (Lipinski definition) is 1. The lowest BCUT2D eigenvalue weighted by Gasteiger charge is -2.27. The molecule has 3 heterocycles. The largest absolute Gasteiger partial charge is 0.373 e. The summed E-state index contributed by atoms with van der Waals surface area (Å²) in [5, 5.41) is 3.50. The van der Waals surface area contributed by atoms with Crippen LogP contribution in [-0.4, -0.2) is 47.7 Å². The molecule has 0 amide bonds. The van der Waals surface area contributed by atoms with Crippen LogP contribution in [0.2, 0.25) is 0 Å². The van der Waals surface area contributed by atoms with E-state index in [4.69, 9.17) is 4.74 Å². The molecule has 1 aromatic heterocycles. The van der Waals surface area contributed by atoms with Gasteiger partial charge in [0.05, 0.1) is 6.10 Å². The maximum absolute atomic E-state index is 5.98. The van der Waals surface area contributed by atoms with Crippen molar-refractivity contribution in [3.8, 4) is 0 Å². The quantitative estimate of drug-likeness (QED) is 0.888. The number of anilines is 2. The Hall–Kier alpha value is -1.79. The Morgan fingerprint density at radius 3 is 2.84 bits per heavy atom. The van der Waals surface area contributed by atoms with Gasteiger partial charge in [-0.05, 0) is 12.0 Å². The molecule has 5 nitrogen and oxygen atoms in total. The fraction of sp³-hybridized carbons (Fsp3) is 0.474. The van der Waals surface area contributed by atoms with Crippen molar-refractivity contribution in [2.75, 3.05) is 48.0 Å². The smallest absolute Gasteiger partial charge is 0.134 e. The van der Waals surface area contributed by atoms with Crippen molar-refractivity contribution in [1.82, 2.24) is 9.97 Å². The number of aromatic nitrogens is 2. The third kappa shape index (κ3) is 4.07. The summed E-state index contributed by atoms with van der Waals surface area (Å²) in [4.78, 5) is 11.2. The number of hydrogen-bond acceptors (Lipinski definition) is 6. The first-order valence-corrected chi connectivity index (χ1v) is 10.1. The summed E-state index contributed by atoms with van der Waals surface area (Å²) in [7, 11) is 0. The van der Waals surface area contributed by atoms with E-state index in [1.54, 1.807) is 6.33 Å². The molecule has 1 N–H and O–H groups in total. The van der Waals surface area contributed by atoms with Crippen LogP contribution in [0, 0.1) is 5.92 Å². The second-order valence-electron chi connectivity index (χ2n) is 6.49. The van der Waals surface area contributed by atoms with Crippen LogP contribution >= 0.6 is 11.8 Å². The van der Waals surface area contributed by atoms with Crippen LogP contribution < -0.4 is 10.2 Å². The van der Waals surface area contributed by atoms with Crippen molar-refractivity contribution in [3.63, 3.8) is 0 Å². The van der Waals surface area contributed by atoms with Crippen LogP contribution in [0.25, 0.3) is 0 Å². The fourth-order valence-electron chi connectivity index (χ4n) is 3.50. The summed E-state index contributed by atoms with van der Waals surface area (Å²) in [6.45, 7) is 3.82. The van der Waals surface area contributed by atoms with Crippen molar-refractivity contribution in [3.05, 3.63) is 48.3 Å². The van der Waals surface area contributed by atoms with Crippen LogP contribution in [0.5, 0.6) is 0 Å². The van der Waals surface area contributed by atoms with Gasteiger partial charge in [0.1, 0.15) is 18.0 Å². The molecule has 2 fully saturated rings. The highest BCUT2D eigenvalue weighted by Gasteiger charge is 2.29. The molecule has 0 saturated carbocycles. The summed E-state index contributed by atoms with van der Waals surface area (Å²) >= 11 is 2.01. The number of nitrogens with one attached hydrogen (secondary N) is 1. The molecule has 6 heteroatoms. The lowest BCUT2D eigenvalue weighted by Crippen LogP contribution is -2.33. The van der Waals surface area contributed by atoms with Crippen LogP contribution in [-0.2, 0) is 4.74 Å². The molecule has 2 aromatic rings. The van der Waals surface area contributed by atoms with Gasteiger partial charge in [0.15, 0.2) is 0 Å². The Morgan fingerprint density at radius 1 is 1.16 bits per heavy atom. The van der Waals surface area contributed by atoms with Crippen molar-refractivity contribution in [2.24, 2.45) is 5.92 Å². The summed E-state index contributed by atoms with van der Waals surface area (Å²) in [6, 6.07) is 12.6. The van der Waals surface area contributed by atoms with Crippen LogP contribution in [0.15, 0.2) is 42.7 Å². The number of rotatable bonds is 5. The highest BCUT2D eigenvalue weighted by atomic mass is 32.2. The third-order valence-electron chi connectivity index (χ3n) is 4.88. The van der Waals surface area contributed by atoms with Gasteiger partial charge in [-0.25, -0.2) is 9.97 Å². The Kier molecular flexibility index (Phi) is 5.37. The molecule has 4 rings (SSSR count). The third-order valence-corrected chi connectivity index (χ3v) is 5.82. The summed E-state index contributed by atoms with van der Waals surface area (Å²) in [5.41, 5.74) is 1.26. The molecular formula is C19H24N4OS. The van der Waals surface area contributed by atoms with E-state index in [9.17, 15) is 0 Å². The van der Waals surface area contributed by atoms with Crippen molar-refractivity contribution in [1.29, 1.82) is 0 Å². The Labute approximate surface area is 153 Å². The molecular weight excluding hydrogens is 332 g/mol. The first-order valence-electron chi connectivity index (χ1n) is 8.95. The Balaban J connectivity index is 1.39. The zero-order chi connectivity index (χ0) is 16.9. The summed E-state index contributed by atoms with van der Waals surface area (Å²) in [5.74, 6) is 4.74. The molecule has 0 spiro atoms. The van der Waals surface area contributed by atoms with Gasteiger partial charge < -0.3 is 15.0 Å². The second kappa shape index (κ2) is 8.06. The van der Waals surface area contributed by atoms with E-state index >= 15 is 0 Å². The molecule has 2 atom stereocenters. The zero-order valence-corrected chi connectivity index (χ0v) is 15.1. The van der Waals surface area contributed by atoms with Crippen molar-refractivity contribution < 1.29 is 4.74 Å². The normalized spacial score (nSPS) is 23.6. The van der Waals surface area contributed by atoms with Gasteiger partial charge in [0.2, 0.25) is 0 Å². The molecule has 2 aliphatic rings.